The first-order chi connectivity index (χ1) is 9.99. The summed E-state index contributed by atoms with van der Waals surface area (Å²) >= 11 is 0. The number of amides is 2. The lowest BCUT2D eigenvalue weighted by molar-refractivity contribution is -0.125. The standard InChI is InChI=1S/C15H21N3O3/c1-4-7-18(9-13(19)16-2)10-5-6-11-12(8-10)17(3)15(21)14(11)20/h5-6,8,14,20H,4,7,9H2,1-3H3,(H,16,19). The lowest BCUT2D eigenvalue weighted by Crippen LogP contribution is -2.36. The van der Waals surface area contributed by atoms with Crippen molar-refractivity contribution in [3.05, 3.63) is 23.8 Å². The molecule has 1 aliphatic rings. The first-order valence-corrected chi connectivity index (χ1v) is 7.04. The van der Waals surface area contributed by atoms with E-state index in [4.69, 9.17) is 0 Å². The van der Waals surface area contributed by atoms with Gasteiger partial charge in [0.25, 0.3) is 5.91 Å². The van der Waals surface area contributed by atoms with Gasteiger partial charge in [0, 0.05) is 31.9 Å². The van der Waals surface area contributed by atoms with Crippen LogP contribution < -0.4 is 15.1 Å². The fraction of sp³-hybridized carbons (Fsp3) is 0.467. The van der Waals surface area contributed by atoms with Gasteiger partial charge in [-0.2, -0.15) is 0 Å². The van der Waals surface area contributed by atoms with Crippen LogP contribution in [-0.2, 0) is 9.59 Å². The molecule has 0 spiro atoms. The molecular formula is C15H21N3O3. The third kappa shape index (κ3) is 2.85. The summed E-state index contributed by atoms with van der Waals surface area (Å²) in [4.78, 5) is 26.8. The quantitative estimate of drug-likeness (QED) is 0.836. The molecule has 0 fully saturated rings. The topological polar surface area (TPSA) is 72.9 Å². The Balaban J connectivity index is 2.32. The van der Waals surface area contributed by atoms with E-state index in [1.807, 2.05) is 24.0 Å². The summed E-state index contributed by atoms with van der Waals surface area (Å²) < 4.78 is 0. The minimum absolute atomic E-state index is 0.0617. The minimum atomic E-state index is -1.09. The van der Waals surface area contributed by atoms with Crippen LogP contribution in [0.5, 0.6) is 0 Å². The highest BCUT2D eigenvalue weighted by atomic mass is 16.3. The van der Waals surface area contributed by atoms with Crippen LogP contribution >= 0.6 is 0 Å². The fourth-order valence-electron chi connectivity index (χ4n) is 2.51. The van der Waals surface area contributed by atoms with Crippen LogP contribution in [0.4, 0.5) is 11.4 Å². The van der Waals surface area contributed by atoms with Crippen LogP contribution in [0.25, 0.3) is 0 Å². The lowest BCUT2D eigenvalue weighted by atomic mass is 10.1. The molecule has 0 saturated heterocycles. The number of anilines is 2. The average molecular weight is 291 g/mol. The van der Waals surface area contributed by atoms with Crippen molar-refractivity contribution in [3.63, 3.8) is 0 Å². The molecule has 6 heteroatoms. The van der Waals surface area contributed by atoms with Crippen molar-refractivity contribution in [1.82, 2.24) is 5.32 Å². The zero-order valence-electron chi connectivity index (χ0n) is 12.6. The Kier molecular flexibility index (Phi) is 4.47. The molecule has 2 amide bonds. The third-order valence-corrected chi connectivity index (χ3v) is 3.71. The fourth-order valence-corrected chi connectivity index (χ4v) is 2.51. The van der Waals surface area contributed by atoms with E-state index in [1.165, 1.54) is 4.90 Å². The zero-order valence-corrected chi connectivity index (χ0v) is 12.6. The molecule has 1 aromatic carbocycles. The van der Waals surface area contributed by atoms with E-state index in [1.54, 1.807) is 20.2 Å². The molecule has 1 aromatic rings. The number of rotatable bonds is 5. The SMILES string of the molecule is CCCN(CC(=O)NC)c1ccc2c(c1)N(C)C(=O)C2O. The summed E-state index contributed by atoms with van der Waals surface area (Å²) in [6.07, 6.45) is -0.177. The Morgan fingerprint density at radius 3 is 2.81 bits per heavy atom. The molecule has 1 atom stereocenters. The van der Waals surface area contributed by atoms with Crippen molar-refractivity contribution in [3.8, 4) is 0 Å². The number of carbonyl (C=O) groups is 2. The Morgan fingerprint density at radius 2 is 2.19 bits per heavy atom. The van der Waals surface area contributed by atoms with Gasteiger partial charge in [-0.15, -0.1) is 0 Å². The van der Waals surface area contributed by atoms with Gasteiger partial charge < -0.3 is 20.2 Å². The normalized spacial score (nSPS) is 16.9. The number of nitrogens with zero attached hydrogens (tertiary/aromatic N) is 2. The summed E-state index contributed by atoms with van der Waals surface area (Å²) in [7, 11) is 3.25. The molecule has 1 aliphatic heterocycles. The summed E-state index contributed by atoms with van der Waals surface area (Å²) in [6.45, 7) is 3.05. The molecule has 0 bridgehead atoms. The lowest BCUT2D eigenvalue weighted by Gasteiger charge is -2.24. The van der Waals surface area contributed by atoms with Crippen molar-refractivity contribution in [2.45, 2.75) is 19.4 Å². The van der Waals surface area contributed by atoms with Gasteiger partial charge in [0.15, 0.2) is 6.10 Å². The number of carbonyl (C=O) groups excluding carboxylic acids is 2. The van der Waals surface area contributed by atoms with Crippen LogP contribution in [0.3, 0.4) is 0 Å². The maximum Gasteiger partial charge on any atom is 0.260 e. The number of benzene rings is 1. The van der Waals surface area contributed by atoms with Gasteiger partial charge >= 0.3 is 0 Å². The second-order valence-electron chi connectivity index (χ2n) is 5.14. The van der Waals surface area contributed by atoms with E-state index in [9.17, 15) is 14.7 Å². The van der Waals surface area contributed by atoms with Gasteiger partial charge in [0.1, 0.15) is 0 Å². The number of aliphatic hydroxyl groups excluding tert-OH is 1. The molecule has 114 valence electrons. The van der Waals surface area contributed by atoms with Gasteiger partial charge in [-0.05, 0) is 18.6 Å². The highest BCUT2D eigenvalue weighted by Crippen LogP contribution is 2.37. The summed E-state index contributed by atoms with van der Waals surface area (Å²) in [5.74, 6) is -0.385. The van der Waals surface area contributed by atoms with Crippen LogP contribution in [-0.4, -0.2) is 44.1 Å². The molecule has 6 nitrogen and oxygen atoms in total. The smallest absolute Gasteiger partial charge is 0.260 e. The van der Waals surface area contributed by atoms with Crippen molar-refractivity contribution in [2.24, 2.45) is 0 Å². The molecule has 2 N–H and O–H groups in total. The molecule has 0 aliphatic carbocycles. The molecule has 0 aromatic heterocycles. The first-order valence-electron chi connectivity index (χ1n) is 7.04. The van der Waals surface area contributed by atoms with Crippen molar-refractivity contribution >= 4 is 23.2 Å². The molecule has 1 heterocycles. The summed E-state index contributed by atoms with van der Waals surface area (Å²) in [6, 6.07) is 5.44. The van der Waals surface area contributed by atoms with Gasteiger partial charge in [0.2, 0.25) is 5.91 Å². The van der Waals surface area contributed by atoms with E-state index < -0.39 is 6.10 Å². The van der Waals surface area contributed by atoms with Gasteiger partial charge in [0.05, 0.1) is 12.2 Å². The second kappa shape index (κ2) is 6.13. The van der Waals surface area contributed by atoms with Gasteiger partial charge in [-0.1, -0.05) is 13.0 Å². The number of likely N-dealkylation sites (N-methyl/N-ethyl adjacent to an activating group) is 2. The molecule has 2 rings (SSSR count). The Bertz CT molecular complexity index is 559. The van der Waals surface area contributed by atoms with Crippen molar-refractivity contribution in [1.29, 1.82) is 0 Å². The van der Waals surface area contributed by atoms with E-state index in [-0.39, 0.29) is 18.4 Å². The predicted molar refractivity (Wildman–Crippen MR) is 81.4 cm³/mol. The Morgan fingerprint density at radius 1 is 1.48 bits per heavy atom. The van der Waals surface area contributed by atoms with Crippen LogP contribution in [0.2, 0.25) is 0 Å². The highest BCUT2D eigenvalue weighted by molar-refractivity contribution is 6.04. The average Bonchev–Trinajstić information content (AvgIpc) is 2.71. The summed E-state index contributed by atoms with van der Waals surface area (Å²) in [5.41, 5.74) is 2.18. The number of nitrogens with one attached hydrogen (secondary N) is 1. The molecule has 0 radical (unpaired) electrons. The van der Waals surface area contributed by atoms with Crippen molar-refractivity contribution < 1.29 is 14.7 Å². The minimum Gasteiger partial charge on any atom is -0.378 e. The predicted octanol–water partition coefficient (Wildman–Crippen LogP) is 0.659. The summed E-state index contributed by atoms with van der Waals surface area (Å²) in [5, 5.41) is 12.5. The number of hydrogen-bond donors (Lipinski definition) is 2. The molecule has 21 heavy (non-hydrogen) atoms. The van der Waals surface area contributed by atoms with E-state index in [0.717, 1.165) is 18.7 Å². The van der Waals surface area contributed by atoms with Crippen LogP contribution in [0.15, 0.2) is 18.2 Å². The van der Waals surface area contributed by atoms with Crippen LogP contribution in [0, 0.1) is 0 Å². The maximum absolute atomic E-state index is 11.8. The molecular weight excluding hydrogens is 270 g/mol. The first kappa shape index (κ1) is 15.3. The van der Waals surface area contributed by atoms with E-state index >= 15 is 0 Å². The molecule has 1 unspecified atom stereocenters. The number of fused-ring (bicyclic) bond motifs is 1. The van der Waals surface area contributed by atoms with E-state index in [0.29, 0.717) is 11.3 Å². The van der Waals surface area contributed by atoms with E-state index in [2.05, 4.69) is 5.32 Å². The van der Waals surface area contributed by atoms with Gasteiger partial charge in [-0.25, -0.2) is 0 Å². The Labute approximate surface area is 124 Å². The number of aliphatic hydroxyl groups is 1. The van der Waals surface area contributed by atoms with Gasteiger partial charge in [-0.3, -0.25) is 9.59 Å². The van der Waals surface area contributed by atoms with Crippen molar-refractivity contribution in [2.75, 3.05) is 37.0 Å². The Hall–Kier alpha value is -2.08. The highest BCUT2D eigenvalue weighted by Gasteiger charge is 2.33. The largest absolute Gasteiger partial charge is 0.378 e. The van der Waals surface area contributed by atoms with Crippen LogP contribution in [0.1, 0.15) is 25.0 Å². The molecule has 0 saturated carbocycles. The second-order valence-corrected chi connectivity index (χ2v) is 5.14. The zero-order chi connectivity index (χ0) is 15.6. The third-order valence-electron chi connectivity index (χ3n) is 3.71. The monoisotopic (exact) mass is 291 g/mol. The maximum atomic E-state index is 11.8. The number of hydrogen-bond acceptors (Lipinski definition) is 4.